The van der Waals surface area contributed by atoms with Crippen molar-refractivity contribution in [3.8, 4) is 5.75 Å². The first-order valence-electron chi connectivity index (χ1n) is 7.76. The Morgan fingerprint density at radius 1 is 1.25 bits per heavy atom. The fourth-order valence-electron chi connectivity index (χ4n) is 2.68. The molecule has 0 aliphatic carbocycles. The number of carbonyl (C=O) groups is 1. The van der Waals surface area contributed by atoms with Crippen molar-refractivity contribution in [2.75, 3.05) is 18.1 Å². The Hall–Kier alpha value is -2.28. The number of hydrogen-bond donors (Lipinski definition) is 1. The number of nitrogens with one attached hydrogen (secondary N) is 1. The molecule has 1 aromatic heterocycles. The predicted octanol–water partition coefficient (Wildman–Crippen LogP) is 2.02. The quantitative estimate of drug-likeness (QED) is 0.862. The maximum absolute atomic E-state index is 12.2. The van der Waals surface area contributed by atoms with Crippen LogP contribution in [-0.2, 0) is 16.4 Å². The Labute approximate surface area is 140 Å². The molecule has 3 rings (SSSR count). The van der Waals surface area contributed by atoms with E-state index >= 15 is 0 Å². The van der Waals surface area contributed by atoms with Gasteiger partial charge in [-0.3, -0.25) is 4.79 Å². The molecule has 1 aliphatic heterocycles. The molecule has 6 nitrogen and oxygen atoms in total. The molecule has 1 saturated heterocycles. The molecule has 1 aromatic carbocycles. The van der Waals surface area contributed by atoms with Gasteiger partial charge >= 0.3 is 0 Å². The number of para-hydroxylation sites is 1. The molecule has 0 saturated carbocycles. The van der Waals surface area contributed by atoms with E-state index in [9.17, 15) is 13.2 Å². The highest BCUT2D eigenvalue weighted by atomic mass is 32.2. The highest BCUT2D eigenvalue weighted by Gasteiger charge is 2.28. The molecular formula is C17H19NO5S. The number of amides is 1. The molecule has 2 aromatic rings. The van der Waals surface area contributed by atoms with Gasteiger partial charge in [-0.1, -0.05) is 18.2 Å². The van der Waals surface area contributed by atoms with Crippen molar-refractivity contribution in [1.29, 1.82) is 0 Å². The van der Waals surface area contributed by atoms with Crippen LogP contribution in [0.5, 0.6) is 5.75 Å². The SMILES string of the molecule is O=C(NCC1CCS(=O)(=O)C1)c1occc1COc1ccccc1. The molecule has 1 unspecified atom stereocenters. The summed E-state index contributed by atoms with van der Waals surface area (Å²) in [7, 11) is -2.94. The van der Waals surface area contributed by atoms with Crippen LogP contribution in [0.25, 0.3) is 0 Å². The smallest absolute Gasteiger partial charge is 0.287 e. The van der Waals surface area contributed by atoms with E-state index in [1.807, 2.05) is 30.3 Å². The van der Waals surface area contributed by atoms with E-state index in [0.717, 1.165) is 0 Å². The minimum atomic E-state index is -2.94. The molecule has 1 fully saturated rings. The summed E-state index contributed by atoms with van der Waals surface area (Å²) in [4.78, 5) is 12.2. The van der Waals surface area contributed by atoms with Crippen molar-refractivity contribution in [1.82, 2.24) is 5.32 Å². The van der Waals surface area contributed by atoms with Crippen molar-refractivity contribution in [2.45, 2.75) is 13.0 Å². The van der Waals surface area contributed by atoms with E-state index in [1.165, 1.54) is 6.26 Å². The lowest BCUT2D eigenvalue weighted by Gasteiger charge is -2.10. The minimum absolute atomic E-state index is 0.0297. The van der Waals surface area contributed by atoms with E-state index in [2.05, 4.69) is 5.32 Å². The second kappa shape index (κ2) is 7.09. The van der Waals surface area contributed by atoms with E-state index in [1.54, 1.807) is 6.07 Å². The molecule has 128 valence electrons. The summed E-state index contributed by atoms with van der Waals surface area (Å²) in [5, 5.41) is 2.75. The Balaban J connectivity index is 1.55. The van der Waals surface area contributed by atoms with Gasteiger partial charge in [0.1, 0.15) is 12.4 Å². The van der Waals surface area contributed by atoms with Gasteiger partial charge in [-0.15, -0.1) is 0 Å². The van der Waals surface area contributed by atoms with Crippen LogP contribution in [0.1, 0.15) is 22.5 Å². The molecule has 1 aliphatic rings. The van der Waals surface area contributed by atoms with Crippen molar-refractivity contribution in [3.05, 3.63) is 54.0 Å². The van der Waals surface area contributed by atoms with Gasteiger partial charge in [0.2, 0.25) is 0 Å². The zero-order valence-corrected chi connectivity index (χ0v) is 13.9. The number of ether oxygens (including phenoxy) is 1. The van der Waals surface area contributed by atoms with Gasteiger partial charge in [-0.25, -0.2) is 8.42 Å². The topological polar surface area (TPSA) is 85.6 Å². The van der Waals surface area contributed by atoms with Crippen LogP contribution in [0.4, 0.5) is 0 Å². The molecule has 0 radical (unpaired) electrons. The Morgan fingerprint density at radius 3 is 2.75 bits per heavy atom. The molecule has 1 N–H and O–H groups in total. The van der Waals surface area contributed by atoms with E-state index in [-0.39, 0.29) is 35.7 Å². The minimum Gasteiger partial charge on any atom is -0.489 e. The van der Waals surface area contributed by atoms with Gasteiger partial charge in [0, 0.05) is 12.1 Å². The summed E-state index contributed by atoms with van der Waals surface area (Å²) >= 11 is 0. The highest BCUT2D eigenvalue weighted by Crippen LogP contribution is 2.19. The van der Waals surface area contributed by atoms with Crippen LogP contribution in [0, 0.1) is 5.92 Å². The number of rotatable bonds is 6. The van der Waals surface area contributed by atoms with Gasteiger partial charge in [0.15, 0.2) is 15.6 Å². The highest BCUT2D eigenvalue weighted by molar-refractivity contribution is 7.91. The standard InChI is InChI=1S/C17H19NO5S/c19-17(18-10-13-7-9-24(20,21)12-13)16-14(6-8-22-16)11-23-15-4-2-1-3-5-15/h1-6,8,13H,7,9-12H2,(H,18,19). The van der Waals surface area contributed by atoms with Crippen LogP contribution >= 0.6 is 0 Å². The van der Waals surface area contributed by atoms with Crippen LogP contribution in [0.15, 0.2) is 47.1 Å². The van der Waals surface area contributed by atoms with Gasteiger partial charge in [0.05, 0.1) is 17.8 Å². The average molecular weight is 349 g/mol. The first kappa shape index (κ1) is 16.6. The molecule has 7 heteroatoms. The van der Waals surface area contributed by atoms with Crippen molar-refractivity contribution in [3.63, 3.8) is 0 Å². The third-order valence-corrected chi connectivity index (χ3v) is 5.81. The Kier molecular flexibility index (Phi) is 4.89. The third-order valence-electron chi connectivity index (χ3n) is 3.97. The number of hydrogen-bond acceptors (Lipinski definition) is 5. The number of benzene rings is 1. The monoisotopic (exact) mass is 349 g/mol. The van der Waals surface area contributed by atoms with Gasteiger partial charge in [-0.2, -0.15) is 0 Å². The zero-order chi connectivity index (χ0) is 17.0. The fraction of sp³-hybridized carbons (Fsp3) is 0.353. The van der Waals surface area contributed by atoms with E-state index in [0.29, 0.717) is 24.3 Å². The number of furan rings is 1. The maximum atomic E-state index is 12.2. The molecule has 1 atom stereocenters. The summed E-state index contributed by atoms with van der Waals surface area (Å²) in [5.41, 5.74) is 0.649. The second-order valence-electron chi connectivity index (χ2n) is 5.86. The first-order valence-corrected chi connectivity index (χ1v) is 9.58. The lowest BCUT2D eigenvalue weighted by molar-refractivity contribution is 0.0917. The predicted molar refractivity (Wildman–Crippen MR) is 88.6 cm³/mol. The maximum Gasteiger partial charge on any atom is 0.287 e. The number of sulfone groups is 1. The molecular weight excluding hydrogens is 330 g/mol. The van der Waals surface area contributed by atoms with Crippen molar-refractivity contribution < 1.29 is 22.4 Å². The summed E-state index contributed by atoms with van der Waals surface area (Å²) in [5.74, 6) is 0.863. The largest absolute Gasteiger partial charge is 0.489 e. The second-order valence-corrected chi connectivity index (χ2v) is 8.08. The van der Waals surface area contributed by atoms with Gasteiger partial charge in [-0.05, 0) is 30.5 Å². The normalized spacial score (nSPS) is 19.1. The van der Waals surface area contributed by atoms with Crippen LogP contribution < -0.4 is 10.1 Å². The molecule has 0 spiro atoms. The Bertz CT molecular complexity index is 797. The zero-order valence-electron chi connectivity index (χ0n) is 13.1. The van der Waals surface area contributed by atoms with Crippen LogP contribution in [-0.4, -0.2) is 32.4 Å². The number of carbonyl (C=O) groups excluding carboxylic acids is 1. The van der Waals surface area contributed by atoms with E-state index in [4.69, 9.17) is 9.15 Å². The fourth-order valence-corrected chi connectivity index (χ4v) is 4.54. The molecule has 24 heavy (non-hydrogen) atoms. The first-order chi connectivity index (χ1) is 11.5. The summed E-state index contributed by atoms with van der Waals surface area (Å²) in [6.07, 6.45) is 2.03. The van der Waals surface area contributed by atoms with Crippen molar-refractivity contribution in [2.24, 2.45) is 5.92 Å². The Morgan fingerprint density at radius 2 is 2.04 bits per heavy atom. The lowest BCUT2D eigenvalue weighted by atomic mass is 10.1. The lowest BCUT2D eigenvalue weighted by Crippen LogP contribution is -2.30. The third kappa shape index (κ3) is 4.17. The summed E-state index contributed by atoms with van der Waals surface area (Å²) in [6, 6.07) is 11.0. The van der Waals surface area contributed by atoms with Crippen LogP contribution in [0.2, 0.25) is 0 Å². The van der Waals surface area contributed by atoms with Gasteiger partial charge < -0.3 is 14.5 Å². The molecule has 0 bridgehead atoms. The molecule has 2 heterocycles. The van der Waals surface area contributed by atoms with Crippen molar-refractivity contribution >= 4 is 15.7 Å². The van der Waals surface area contributed by atoms with Crippen LogP contribution in [0.3, 0.4) is 0 Å². The van der Waals surface area contributed by atoms with E-state index < -0.39 is 9.84 Å². The summed E-state index contributed by atoms with van der Waals surface area (Å²) in [6.45, 7) is 0.554. The summed E-state index contributed by atoms with van der Waals surface area (Å²) < 4.78 is 33.8. The molecule has 1 amide bonds. The average Bonchev–Trinajstić information content (AvgIpc) is 3.17. The van der Waals surface area contributed by atoms with Gasteiger partial charge in [0.25, 0.3) is 5.91 Å².